The highest BCUT2D eigenvalue weighted by molar-refractivity contribution is 5.93. The monoisotopic (exact) mass is 326 g/mol. The molecule has 1 saturated heterocycles. The summed E-state index contributed by atoms with van der Waals surface area (Å²) in [5.74, 6) is 1.24. The number of aromatic nitrogens is 1. The topological polar surface area (TPSA) is 71.7 Å². The molecule has 0 spiro atoms. The SMILES string of the molecule is COc1ccccc1N1CCN(c2cc(C(N)=O)ccn2)[C@H](C)C1. The van der Waals surface area contributed by atoms with Gasteiger partial charge in [0.15, 0.2) is 0 Å². The summed E-state index contributed by atoms with van der Waals surface area (Å²) in [5.41, 5.74) is 6.96. The Bertz CT molecular complexity index is 734. The van der Waals surface area contributed by atoms with Crippen LogP contribution in [0.15, 0.2) is 42.6 Å². The van der Waals surface area contributed by atoms with E-state index in [0.717, 1.165) is 36.9 Å². The van der Waals surface area contributed by atoms with Crippen LogP contribution in [0.2, 0.25) is 0 Å². The number of pyridine rings is 1. The number of para-hydroxylation sites is 2. The summed E-state index contributed by atoms with van der Waals surface area (Å²) in [6.07, 6.45) is 1.63. The molecule has 1 fully saturated rings. The third kappa shape index (κ3) is 3.13. The van der Waals surface area contributed by atoms with Crippen molar-refractivity contribution in [2.75, 3.05) is 36.5 Å². The molecule has 2 heterocycles. The molecule has 1 aliphatic rings. The lowest BCUT2D eigenvalue weighted by atomic mass is 10.1. The zero-order chi connectivity index (χ0) is 17.1. The first kappa shape index (κ1) is 16.1. The van der Waals surface area contributed by atoms with Crippen LogP contribution in [0.25, 0.3) is 0 Å². The van der Waals surface area contributed by atoms with Gasteiger partial charge in [0.2, 0.25) is 5.91 Å². The van der Waals surface area contributed by atoms with Crippen LogP contribution in [-0.2, 0) is 0 Å². The highest BCUT2D eigenvalue weighted by Crippen LogP contribution is 2.30. The van der Waals surface area contributed by atoms with Crippen LogP contribution in [0.4, 0.5) is 11.5 Å². The molecule has 1 aromatic heterocycles. The van der Waals surface area contributed by atoms with Crippen LogP contribution < -0.4 is 20.3 Å². The maximum Gasteiger partial charge on any atom is 0.248 e. The zero-order valence-corrected chi connectivity index (χ0v) is 14.0. The minimum Gasteiger partial charge on any atom is -0.495 e. The average molecular weight is 326 g/mol. The van der Waals surface area contributed by atoms with Gasteiger partial charge in [0.25, 0.3) is 0 Å². The first-order valence-corrected chi connectivity index (χ1v) is 8.00. The Hall–Kier alpha value is -2.76. The van der Waals surface area contributed by atoms with Gasteiger partial charge in [-0.25, -0.2) is 4.98 Å². The molecule has 0 aliphatic carbocycles. The number of nitrogens with zero attached hydrogens (tertiary/aromatic N) is 3. The van der Waals surface area contributed by atoms with E-state index in [1.165, 1.54) is 0 Å². The number of primary amides is 1. The van der Waals surface area contributed by atoms with Crippen LogP contribution in [0.5, 0.6) is 5.75 Å². The minimum atomic E-state index is -0.432. The summed E-state index contributed by atoms with van der Waals surface area (Å²) >= 11 is 0. The summed E-state index contributed by atoms with van der Waals surface area (Å²) < 4.78 is 5.47. The van der Waals surface area contributed by atoms with Crippen molar-refractivity contribution in [3.05, 3.63) is 48.2 Å². The molecule has 0 saturated carbocycles. The molecular formula is C18H22N4O2. The van der Waals surface area contributed by atoms with E-state index in [1.807, 2.05) is 18.2 Å². The van der Waals surface area contributed by atoms with Gasteiger partial charge in [0.1, 0.15) is 11.6 Å². The molecular weight excluding hydrogens is 304 g/mol. The second kappa shape index (κ2) is 6.78. The molecule has 0 unspecified atom stereocenters. The third-order valence-corrected chi connectivity index (χ3v) is 4.38. The van der Waals surface area contributed by atoms with Crippen molar-refractivity contribution in [3.8, 4) is 5.75 Å². The van der Waals surface area contributed by atoms with Crippen LogP contribution in [0, 0.1) is 0 Å². The Morgan fingerprint density at radius 1 is 1.29 bits per heavy atom. The number of anilines is 2. The maximum absolute atomic E-state index is 11.4. The molecule has 1 atom stereocenters. The normalized spacial score (nSPS) is 17.7. The van der Waals surface area contributed by atoms with Crippen molar-refractivity contribution < 1.29 is 9.53 Å². The number of piperazine rings is 1. The van der Waals surface area contributed by atoms with Gasteiger partial charge in [-0.05, 0) is 31.2 Å². The summed E-state index contributed by atoms with van der Waals surface area (Å²) in [4.78, 5) is 20.3. The highest BCUT2D eigenvalue weighted by atomic mass is 16.5. The molecule has 6 nitrogen and oxygen atoms in total. The van der Waals surface area contributed by atoms with E-state index >= 15 is 0 Å². The van der Waals surface area contributed by atoms with Gasteiger partial charge in [-0.2, -0.15) is 0 Å². The molecule has 126 valence electrons. The van der Waals surface area contributed by atoms with Crippen LogP contribution >= 0.6 is 0 Å². The van der Waals surface area contributed by atoms with Gasteiger partial charge >= 0.3 is 0 Å². The Kier molecular flexibility index (Phi) is 4.55. The molecule has 0 bridgehead atoms. The number of benzene rings is 1. The van der Waals surface area contributed by atoms with Gasteiger partial charge in [-0.3, -0.25) is 4.79 Å². The van der Waals surface area contributed by atoms with Crippen molar-refractivity contribution in [2.24, 2.45) is 5.73 Å². The molecule has 1 aromatic carbocycles. The molecule has 0 radical (unpaired) electrons. The van der Waals surface area contributed by atoms with E-state index in [9.17, 15) is 4.79 Å². The first-order valence-electron chi connectivity index (χ1n) is 8.00. The summed E-state index contributed by atoms with van der Waals surface area (Å²) in [7, 11) is 1.69. The Morgan fingerprint density at radius 2 is 2.08 bits per heavy atom. The van der Waals surface area contributed by atoms with E-state index in [4.69, 9.17) is 10.5 Å². The smallest absolute Gasteiger partial charge is 0.248 e. The quantitative estimate of drug-likeness (QED) is 0.929. The summed E-state index contributed by atoms with van der Waals surface area (Å²) in [5, 5.41) is 0. The van der Waals surface area contributed by atoms with Gasteiger partial charge in [-0.15, -0.1) is 0 Å². The van der Waals surface area contributed by atoms with Crippen LogP contribution in [-0.4, -0.2) is 43.7 Å². The fraction of sp³-hybridized carbons (Fsp3) is 0.333. The Labute approximate surface area is 141 Å². The fourth-order valence-electron chi connectivity index (χ4n) is 3.14. The van der Waals surface area contributed by atoms with Crippen molar-refractivity contribution >= 4 is 17.4 Å². The average Bonchev–Trinajstić information content (AvgIpc) is 2.61. The number of rotatable bonds is 4. The van der Waals surface area contributed by atoms with E-state index in [2.05, 4.69) is 27.8 Å². The van der Waals surface area contributed by atoms with E-state index in [-0.39, 0.29) is 6.04 Å². The predicted octanol–water partition coefficient (Wildman–Crippen LogP) is 1.90. The second-order valence-corrected chi connectivity index (χ2v) is 5.93. The molecule has 2 aromatic rings. The number of methoxy groups -OCH3 is 1. The van der Waals surface area contributed by atoms with Crippen LogP contribution in [0.1, 0.15) is 17.3 Å². The van der Waals surface area contributed by atoms with Crippen LogP contribution in [0.3, 0.4) is 0 Å². The van der Waals surface area contributed by atoms with Crippen molar-refractivity contribution in [3.63, 3.8) is 0 Å². The van der Waals surface area contributed by atoms with E-state index in [1.54, 1.807) is 25.4 Å². The Balaban J connectivity index is 1.78. The number of amides is 1. The molecule has 3 rings (SSSR count). The molecule has 2 N–H and O–H groups in total. The van der Waals surface area contributed by atoms with Gasteiger partial charge in [0, 0.05) is 37.4 Å². The van der Waals surface area contributed by atoms with E-state index in [0.29, 0.717) is 5.56 Å². The van der Waals surface area contributed by atoms with E-state index < -0.39 is 5.91 Å². The molecule has 6 heteroatoms. The van der Waals surface area contributed by atoms with Gasteiger partial charge < -0.3 is 20.3 Å². The maximum atomic E-state index is 11.4. The minimum absolute atomic E-state index is 0.249. The standard InChI is InChI=1S/C18H22N4O2/c1-13-12-21(15-5-3-4-6-16(15)24-2)9-10-22(13)17-11-14(18(19)23)7-8-20-17/h3-8,11,13H,9-10,12H2,1-2H3,(H2,19,23)/t13-/m1/s1. The fourth-order valence-corrected chi connectivity index (χ4v) is 3.14. The highest BCUT2D eigenvalue weighted by Gasteiger charge is 2.26. The number of carbonyl (C=O) groups is 1. The number of ether oxygens (including phenoxy) is 1. The molecule has 1 amide bonds. The molecule has 1 aliphatic heterocycles. The zero-order valence-electron chi connectivity index (χ0n) is 14.0. The first-order chi connectivity index (χ1) is 11.6. The Morgan fingerprint density at radius 3 is 2.79 bits per heavy atom. The third-order valence-electron chi connectivity index (χ3n) is 4.38. The predicted molar refractivity (Wildman–Crippen MR) is 94.8 cm³/mol. The summed E-state index contributed by atoms with van der Waals surface area (Å²) in [6.45, 7) is 4.67. The van der Waals surface area contributed by atoms with Gasteiger partial charge in [0.05, 0.1) is 12.8 Å². The number of nitrogens with two attached hydrogens (primary N) is 1. The largest absolute Gasteiger partial charge is 0.495 e. The lowest BCUT2D eigenvalue weighted by Gasteiger charge is -2.42. The second-order valence-electron chi connectivity index (χ2n) is 5.93. The lowest BCUT2D eigenvalue weighted by Crippen LogP contribution is -2.52. The van der Waals surface area contributed by atoms with Crippen molar-refractivity contribution in [1.29, 1.82) is 0 Å². The van der Waals surface area contributed by atoms with Crippen molar-refractivity contribution in [1.82, 2.24) is 4.98 Å². The number of hydrogen-bond acceptors (Lipinski definition) is 5. The number of carbonyl (C=O) groups excluding carboxylic acids is 1. The van der Waals surface area contributed by atoms with Gasteiger partial charge in [-0.1, -0.05) is 12.1 Å². The van der Waals surface area contributed by atoms with Crippen molar-refractivity contribution in [2.45, 2.75) is 13.0 Å². The lowest BCUT2D eigenvalue weighted by molar-refractivity contribution is 0.1000. The molecule has 24 heavy (non-hydrogen) atoms. The summed E-state index contributed by atoms with van der Waals surface area (Å²) in [6, 6.07) is 11.7. The number of hydrogen-bond donors (Lipinski definition) is 1.